The van der Waals surface area contributed by atoms with Crippen molar-refractivity contribution in [3.63, 3.8) is 0 Å². The number of carbonyl (C=O) groups is 2. The van der Waals surface area contributed by atoms with E-state index < -0.39 is 4.87 Å². The van der Waals surface area contributed by atoms with Crippen molar-refractivity contribution < 1.29 is 9.59 Å². The van der Waals surface area contributed by atoms with E-state index in [2.05, 4.69) is 21.2 Å². The molecule has 0 unspecified atom stereocenters. The number of fused-ring (bicyclic) bond motifs is 2. The summed E-state index contributed by atoms with van der Waals surface area (Å²) < 4.78 is 0.862. The van der Waals surface area contributed by atoms with Crippen molar-refractivity contribution in [2.24, 2.45) is 0 Å². The summed E-state index contributed by atoms with van der Waals surface area (Å²) in [5.41, 5.74) is 2.18. The summed E-state index contributed by atoms with van der Waals surface area (Å²) in [5.74, 6) is -0.293. The van der Waals surface area contributed by atoms with Crippen LogP contribution in [0.2, 0.25) is 5.02 Å². The van der Waals surface area contributed by atoms with E-state index in [0.29, 0.717) is 10.7 Å². The van der Waals surface area contributed by atoms with Gasteiger partial charge < -0.3 is 5.32 Å². The molecule has 1 spiro atoms. The van der Waals surface area contributed by atoms with Gasteiger partial charge in [0.15, 0.2) is 0 Å². The normalized spacial score (nSPS) is 25.3. The van der Waals surface area contributed by atoms with Crippen LogP contribution >= 0.6 is 39.3 Å². The Morgan fingerprint density at radius 2 is 1.92 bits per heavy atom. The predicted molar refractivity (Wildman–Crippen MR) is 100 cm³/mol. The van der Waals surface area contributed by atoms with Gasteiger partial charge >= 0.3 is 0 Å². The van der Waals surface area contributed by atoms with Crippen LogP contribution in [0.4, 0.5) is 11.4 Å². The first-order valence-corrected chi connectivity index (χ1v) is 9.37. The number of nitrogens with zero attached hydrogens (tertiary/aromatic N) is 1. The van der Waals surface area contributed by atoms with Crippen LogP contribution in [0.5, 0.6) is 0 Å². The number of benzene rings is 2. The van der Waals surface area contributed by atoms with Crippen LogP contribution in [0.1, 0.15) is 12.5 Å². The molecule has 4 rings (SSSR count). The van der Waals surface area contributed by atoms with E-state index in [1.165, 1.54) is 11.8 Å². The molecule has 24 heavy (non-hydrogen) atoms. The first kappa shape index (κ1) is 16.0. The van der Waals surface area contributed by atoms with Crippen molar-refractivity contribution in [2.75, 3.05) is 10.2 Å². The molecular weight excluding hydrogens is 412 g/mol. The second-order valence-corrected chi connectivity index (χ2v) is 8.58. The molecule has 2 aliphatic heterocycles. The fourth-order valence-electron chi connectivity index (χ4n) is 3.17. The Morgan fingerprint density at radius 1 is 1.21 bits per heavy atom. The lowest BCUT2D eigenvalue weighted by Crippen LogP contribution is -2.47. The van der Waals surface area contributed by atoms with Gasteiger partial charge in [-0.05, 0) is 49.4 Å². The molecule has 7 heteroatoms. The van der Waals surface area contributed by atoms with Crippen molar-refractivity contribution in [1.29, 1.82) is 0 Å². The Kier molecular flexibility index (Phi) is 3.67. The zero-order chi connectivity index (χ0) is 17.1. The number of hydrogen-bond acceptors (Lipinski definition) is 3. The smallest absolute Gasteiger partial charge is 0.266 e. The molecule has 1 N–H and O–H groups in total. The molecule has 2 heterocycles. The summed E-state index contributed by atoms with van der Waals surface area (Å²) >= 11 is 10.8. The van der Waals surface area contributed by atoms with Gasteiger partial charge in [-0.15, -0.1) is 11.8 Å². The molecular formula is C17H12BrClN2O2S. The number of anilines is 2. The first-order valence-electron chi connectivity index (χ1n) is 7.32. The molecule has 0 aromatic heterocycles. The molecule has 0 bridgehead atoms. The molecule has 0 saturated carbocycles. The predicted octanol–water partition coefficient (Wildman–Crippen LogP) is 4.38. The standard InChI is InChI=1S/C17H12BrClN2O2S/c1-9-15(22)21(12-5-3-11(19)4-6-12)17(24-9)13-8-10(18)2-7-14(13)20-16(17)23/h2-9H,1H3,(H,20,23)/t9-,17-/m0/s1. The number of nitrogens with one attached hydrogen (secondary N) is 1. The van der Waals surface area contributed by atoms with Crippen LogP contribution in [-0.2, 0) is 14.5 Å². The highest BCUT2D eigenvalue weighted by Crippen LogP contribution is 2.56. The minimum Gasteiger partial charge on any atom is -0.323 e. The highest BCUT2D eigenvalue weighted by molar-refractivity contribution is 9.10. The maximum Gasteiger partial charge on any atom is 0.266 e. The third-order valence-corrected chi connectivity index (χ3v) is 6.45. The van der Waals surface area contributed by atoms with Gasteiger partial charge in [-0.25, -0.2) is 0 Å². The van der Waals surface area contributed by atoms with Crippen LogP contribution < -0.4 is 10.2 Å². The van der Waals surface area contributed by atoms with E-state index >= 15 is 0 Å². The second kappa shape index (κ2) is 5.51. The highest BCUT2D eigenvalue weighted by Gasteiger charge is 2.60. The van der Waals surface area contributed by atoms with Gasteiger partial charge in [0, 0.05) is 26.4 Å². The number of halogens is 2. The summed E-state index contributed by atoms with van der Waals surface area (Å²) in [6, 6.07) is 12.6. The summed E-state index contributed by atoms with van der Waals surface area (Å²) in [5, 5.41) is 3.17. The summed E-state index contributed by atoms with van der Waals surface area (Å²) in [6.07, 6.45) is 0. The van der Waals surface area contributed by atoms with Gasteiger partial charge in [-0.2, -0.15) is 0 Å². The number of rotatable bonds is 1. The van der Waals surface area contributed by atoms with Gasteiger partial charge in [-0.1, -0.05) is 27.5 Å². The molecule has 1 fully saturated rings. The Hall–Kier alpha value is -1.50. The molecule has 2 aromatic rings. The number of carbonyl (C=O) groups excluding carboxylic acids is 2. The maximum atomic E-state index is 12.9. The number of amides is 2. The monoisotopic (exact) mass is 422 g/mol. The molecule has 1 saturated heterocycles. The average molecular weight is 424 g/mol. The molecule has 0 radical (unpaired) electrons. The largest absolute Gasteiger partial charge is 0.323 e. The maximum absolute atomic E-state index is 12.9. The minimum absolute atomic E-state index is 0.0923. The summed E-state index contributed by atoms with van der Waals surface area (Å²) in [6.45, 7) is 1.83. The third-order valence-electron chi connectivity index (χ3n) is 4.22. The molecule has 4 nitrogen and oxygen atoms in total. The Morgan fingerprint density at radius 3 is 2.62 bits per heavy atom. The molecule has 2 amide bonds. The van der Waals surface area contributed by atoms with Gasteiger partial charge in [0.2, 0.25) is 10.8 Å². The molecule has 0 aliphatic carbocycles. The van der Waals surface area contributed by atoms with Crippen LogP contribution in [0, 0.1) is 0 Å². The third kappa shape index (κ3) is 2.13. The summed E-state index contributed by atoms with van der Waals surface area (Å²) in [7, 11) is 0. The van der Waals surface area contributed by atoms with Crippen molar-refractivity contribution >= 4 is 62.5 Å². The van der Waals surface area contributed by atoms with Crippen molar-refractivity contribution in [1.82, 2.24) is 0 Å². The van der Waals surface area contributed by atoms with E-state index in [4.69, 9.17) is 11.6 Å². The van der Waals surface area contributed by atoms with E-state index in [0.717, 1.165) is 15.7 Å². The van der Waals surface area contributed by atoms with Crippen LogP contribution in [0.25, 0.3) is 0 Å². The highest BCUT2D eigenvalue weighted by atomic mass is 79.9. The number of hydrogen-bond donors (Lipinski definition) is 1. The molecule has 122 valence electrons. The first-order chi connectivity index (χ1) is 11.4. The van der Waals surface area contributed by atoms with Crippen LogP contribution in [0.15, 0.2) is 46.9 Å². The fraction of sp³-hybridized carbons (Fsp3) is 0.176. The fourth-order valence-corrected chi connectivity index (χ4v) is 5.13. The molecule has 2 aromatic carbocycles. The zero-order valence-corrected chi connectivity index (χ0v) is 15.7. The van der Waals surface area contributed by atoms with Gasteiger partial charge in [-0.3, -0.25) is 14.5 Å². The molecule has 2 atom stereocenters. The van der Waals surface area contributed by atoms with Crippen molar-refractivity contribution in [3.05, 3.63) is 57.5 Å². The lowest BCUT2D eigenvalue weighted by Gasteiger charge is -2.32. The van der Waals surface area contributed by atoms with Crippen LogP contribution in [0.3, 0.4) is 0 Å². The van der Waals surface area contributed by atoms with E-state index in [1.807, 2.05) is 25.1 Å². The van der Waals surface area contributed by atoms with Crippen molar-refractivity contribution in [3.8, 4) is 0 Å². The second-order valence-electron chi connectivity index (χ2n) is 5.70. The van der Waals surface area contributed by atoms with Gasteiger partial charge in [0.25, 0.3) is 5.91 Å². The topological polar surface area (TPSA) is 49.4 Å². The average Bonchev–Trinajstić information content (AvgIpc) is 2.97. The lowest BCUT2D eigenvalue weighted by atomic mass is 10.0. The van der Waals surface area contributed by atoms with Crippen LogP contribution in [-0.4, -0.2) is 17.1 Å². The van der Waals surface area contributed by atoms with Crippen molar-refractivity contribution in [2.45, 2.75) is 17.0 Å². The van der Waals surface area contributed by atoms with E-state index in [-0.39, 0.29) is 17.1 Å². The lowest BCUT2D eigenvalue weighted by molar-refractivity contribution is -0.122. The van der Waals surface area contributed by atoms with E-state index in [9.17, 15) is 9.59 Å². The van der Waals surface area contributed by atoms with Gasteiger partial charge in [0.05, 0.1) is 5.25 Å². The number of thioether (sulfide) groups is 1. The van der Waals surface area contributed by atoms with E-state index in [1.54, 1.807) is 29.2 Å². The minimum atomic E-state index is -1.09. The Labute approximate surface area is 156 Å². The Bertz CT molecular complexity index is 873. The van der Waals surface area contributed by atoms with Gasteiger partial charge in [0.1, 0.15) is 0 Å². The zero-order valence-electron chi connectivity index (χ0n) is 12.5. The Balaban J connectivity index is 1.95. The quantitative estimate of drug-likeness (QED) is 0.741. The molecule has 2 aliphatic rings. The summed E-state index contributed by atoms with van der Waals surface area (Å²) in [4.78, 5) is 26.3. The SMILES string of the molecule is C[C@@H]1S[C@@]2(C(=O)Nc3ccc(Br)cc32)N(c2ccc(Cl)cc2)C1=O.